The first kappa shape index (κ1) is 23.2. The standard InChI is InChI=1S/C25H29N5O2S/c1-26-14-17-33-22-8-4-18(5-9-22)23-10-13-27-25(29-23)28-20-6-2-19(3-7-20)24(32)30-15-11-21(31)12-16-30/h2-10,13,21,26,31H,11-12,14-17H2,1H3,(H,27,28,29). The minimum atomic E-state index is -0.295. The highest BCUT2D eigenvalue weighted by molar-refractivity contribution is 7.99. The van der Waals surface area contributed by atoms with Gasteiger partial charge in [-0.15, -0.1) is 11.8 Å². The van der Waals surface area contributed by atoms with Gasteiger partial charge in [-0.05, 0) is 62.4 Å². The number of anilines is 2. The molecule has 3 aromatic rings. The van der Waals surface area contributed by atoms with Gasteiger partial charge in [-0.25, -0.2) is 9.97 Å². The van der Waals surface area contributed by atoms with E-state index in [-0.39, 0.29) is 12.0 Å². The van der Waals surface area contributed by atoms with Gasteiger partial charge in [0.25, 0.3) is 5.91 Å². The van der Waals surface area contributed by atoms with Crippen molar-refractivity contribution >= 4 is 29.3 Å². The predicted molar refractivity (Wildman–Crippen MR) is 133 cm³/mol. The molecule has 0 aliphatic carbocycles. The third kappa shape index (κ3) is 6.31. The van der Waals surface area contributed by atoms with Gasteiger partial charge >= 0.3 is 0 Å². The summed E-state index contributed by atoms with van der Waals surface area (Å²) < 4.78 is 0. The number of rotatable bonds is 8. The Morgan fingerprint density at radius 2 is 1.82 bits per heavy atom. The Hall–Kier alpha value is -2.94. The molecule has 1 aliphatic rings. The van der Waals surface area contributed by atoms with E-state index in [1.165, 1.54) is 4.90 Å². The maximum absolute atomic E-state index is 12.7. The minimum absolute atomic E-state index is 0.000681. The van der Waals surface area contributed by atoms with Gasteiger partial charge in [0.1, 0.15) is 0 Å². The number of hydrogen-bond donors (Lipinski definition) is 3. The third-order valence-electron chi connectivity index (χ3n) is 5.57. The van der Waals surface area contributed by atoms with Crippen LogP contribution in [0.4, 0.5) is 11.6 Å². The lowest BCUT2D eigenvalue weighted by Crippen LogP contribution is -2.40. The fourth-order valence-electron chi connectivity index (χ4n) is 3.65. The molecule has 1 aliphatic heterocycles. The van der Waals surface area contributed by atoms with Gasteiger partial charge in [0.15, 0.2) is 0 Å². The van der Waals surface area contributed by atoms with Gasteiger partial charge in [0.2, 0.25) is 5.95 Å². The number of piperidine rings is 1. The zero-order valence-corrected chi connectivity index (χ0v) is 19.5. The van der Waals surface area contributed by atoms with Crippen LogP contribution in [0.5, 0.6) is 0 Å². The lowest BCUT2D eigenvalue weighted by molar-refractivity contribution is 0.0546. The second-order valence-corrected chi connectivity index (χ2v) is 9.14. The van der Waals surface area contributed by atoms with E-state index in [2.05, 4.69) is 44.9 Å². The molecular weight excluding hydrogens is 434 g/mol. The maximum Gasteiger partial charge on any atom is 0.253 e. The first-order chi connectivity index (χ1) is 16.1. The number of aliphatic hydroxyl groups excluding tert-OH is 1. The van der Waals surface area contributed by atoms with Crippen molar-refractivity contribution in [1.29, 1.82) is 0 Å². The van der Waals surface area contributed by atoms with E-state index in [4.69, 9.17) is 0 Å². The summed E-state index contributed by atoms with van der Waals surface area (Å²) in [5, 5.41) is 16.0. The van der Waals surface area contributed by atoms with Crippen LogP contribution in [0.15, 0.2) is 65.7 Å². The number of amides is 1. The van der Waals surface area contributed by atoms with Crippen molar-refractivity contribution in [2.24, 2.45) is 0 Å². The number of nitrogens with zero attached hydrogens (tertiary/aromatic N) is 3. The number of thioether (sulfide) groups is 1. The maximum atomic E-state index is 12.7. The van der Waals surface area contributed by atoms with E-state index < -0.39 is 0 Å². The summed E-state index contributed by atoms with van der Waals surface area (Å²) in [5.41, 5.74) is 3.33. The van der Waals surface area contributed by atoms with E-state index in [9.17, 15) is 9.90 Å². The number of aliphatic hydroxyl groups is 1. The Labute approximate surface area is 198 Å². The molecule has 8 heteroatoms. The largest absolute Gasteiger partial charge is 0.393 e. The molecule has 2 aromatic carbocycles. The molecular formula is C25H29N5O2S. The predicted octanol–water partition coefficient (Wildman–Crippen LogP) is 3.80. The van der Waals surface area contributed by atoms with Crippen LogP contribution in [-0.2, 0) is 0 Å². The van der Waals surface area contributed by atoms with E-state index in [0.29, 0.717) is 37.4 Å². The number of aromatic nitrogens is 2. The van der Waals surface area contributed by atoms with Gasteiger partial charge in [-0.3, -0.25) is 4.79 Å². The summed E-state index contributed by atoms with van der Waals surface area (Å²) in [7, 11) is 1.96. The number of nitrogens with one attached hydrogen (secondary N) is 2. The second kappa shape index (κ2) is 11.3. The minimum Gasteiger partial charge on any atom is -0.393 e. The molecule has 0 atom stereocenters. The first-order valence-electron chi connectivity index (χ1n) is 11.2. The summed E-state index contributed by atoms with van der Waals surface area (Å²) in [6, 6.07) is 17.6. The molecule has 0 saturated carbocycles. The van der Waals surface area contributed by atoms with Crippen molar-refractivity contribution < 1.29 is 9.90 Å². The molecule has 33 heavy (non-hydrogen) atoms. The van der Waals surface area contributed by atoms with Crippen LogP contribution in [0.3, 0.4) is 0 Å². The molecule has 1 aromatic heterocycles. The van der Waals surface area contributed by atoms with Gasteiger partial charge in [0, 0.05) is 53.3 Å². The molecule has 172 valence electrons. The molecule has 0 unspecified atom stereocenters. The molecule has 1 fully saturated rings. The number of carbonyl (C=O) groups is 1. The van der Waals surface area contributed by atoms with Gasteiger partial charge in [-0.1, -0.05) is 12.1 Å². The fraction of sp³-hybridized carbons (Fsp3) is 0.320. The molecule has 1 saturated heterocycles. The molecule has 3 N–H and O–H groups in total. The molecule has 0 spiro atoms. The van der Waals surface area contributed by atoms with E-state index in [0.717, 1.165) is 29.2 Å². The smallest absolute Gasteiger partial charge is 0.253 e. The molecule has 7 nitrogen and oxygen atoms in total. The summed E-state index contributed by atoms with van der Waals surface area (Å²) in [5.74, 6) is 1.53. The highest BCUT2D eigenvalue weighted by atomic mass is 32.2. The summed E-state index contributed by atoms with van der Waals surface area (Å²) in [4.78, 5) is 24.7. The molecule has 4 rings (SSSR count). The van der Waals surface area contributed by atoms with Gasteiger partial charge in [-0.2, -0.15) is 0 Å². The Balaban J connectivity index is 1.38. The Bertz CT molecular complexity index is 1050. The molecule has 1 amide bonds. The quantitative estimate of drug-likeness (QED) is 0.346. The highest BCUT2D eigenvalue weighted by Crippen LogP contribution is 2.24. The SMILES string of the molecule is CNCCSc1ccc(-c2ccnc(Nc3ccc(C(=O)N4CCC(O)CC4)cc3)n2)cc1. The van der Waals surface area contributed by atoms with Crippen molar-refractivity contribution in [3.8, 4) is 11.3 Å². The van der Waals surface area contributed by atoms with Crippen molar-refractivity contribution in [3.63, 3.8) is 0 Å². The van der Waals surface area contributed by atoms with Crippen molar-refractivity contribution in [2.45, 2.75) is 23.8 Å². The number of benzene rings is 2. The van der Waals surface area contributed by atoms with Crippen LogP contribution < -0.4 is 10.6 Å². The monoisotopic (exact) mass is 463 g/mol. The van der Waals surface area contributed by atoms with E-state index in [1.54, 1.807) is 11.1 Å². The zero-order valence-electron chi connectivity index (χ0n) is 18.7. The number of hydrogen-bond acceptors (Lipinski definition) is 7. The van der Waals surface area contributed by atoms with Crippen molar-refractivity contribution in [1.82, 2.24) is 20.2 Å². The molecule has 0 bridgehead atoms. The van der Waals surface area contributed by atoms with Crippen LogP contribution >= 0.6 is 11.8 Å². The van der Waals surface area contributed by atoms with Gasteiger partial charge in [0.05, 0.1) is 11.8 Å². The number of carbonyl (C=O) groups excluding carboxylic acids is 1. The van der Waals surface area contributed by atoms with E-state index >= 15 is 0 Å². The normalized spacial score (nSPS) is 14.3. The van der Waals surface area contributed by atoms with Crippen molar-refractivity contribution in [3.05, 3.63) is 66.4 Å². The van der Waals surface area contributed by atoms with Crippen LogP contribution in [0, 0.1) is 0 Å². The topological polar surface area (TPSA) is 90.4 Å². The third-order valence-corrected chi connectivity index (χ3v) is 6.58. The summed E-state index contributed by atoms with van der Waals surface area (Å²) >= 11 is 1.82. The van der Waals surface area contributed by atoms with Crippen LogP contribution in [0.1, 0.15) is 23.2 Å². The Morgan fingerprint density at radius 3 is 2.52 bits per heavy atom. The molecule has 0 radical (unpaired) electrons. The summed E-state index contributed by atoms with van der Waals surface area (Å²) in [6.45, 7) is 2.16. The van der Waals surface area contributed by atoms with Crippen LogP contribution in [0.25, 0.3) is 11.3 Å². The average molecular weight is 464 g/mol. The fourth-order valence-corrected chi connectivity index (χ4v) is 4.52. The Kier molecular flexibility index (Phi) is 7.93. The average Bonchev–Trinajstić information content (AvgIpc) is 2.85. The lowest BCUT2D eigenvalue weighted by atomic mass is 10.1. The summed E-state index contributed by atoms with van der Waals surface area (Å²) in [6.07, 6.45) is 2.72. The second-order valence-electron chi connectivity index (χ2n) is 7.97. The lowest BCUT2D eigenvalue weighted by Gasteiger charge is -2.29. The number of likely N-dealkylation sites (tertiary alicyclic amines) is 1. The zero-order chi connectivity index (χ0) is 23.0. The van der Waals surface area contributed by atoms with Gasteiger partial charge < -0.3 is 20.6 Å². The Morgan fingerprint density at radius 1 is 1.09 bits per heavy atom. The van der Waals surface area contributed by atoms with Crippen molar-refractivity contribution in [2.75, 3.05) is 37.8 Å². The van der Waals surface area contributed by atoms with E-state index in [1.807, 2.05) is 49.1 Å². The van der Waals surface area contributed by atoms with Crippen LogP contribution in [0.2, 0.25) is 0 Å². The first-order valence-corrected chi connectivity index (χ1v) is 12.2. The van der Waals surface area contributed by atoms with Crippen LogP contribution in [-0.4, -0.2) is 64.4 Å². The molecule has 2 heterocycles. The highest BCUT2D eigenvalue weighted by Gasteiger charge is 2.22.